The van der Waals surface area contributed by atoms with Gasteiger partial charge >= 0.3 is 11.6 Å². The van der Waals surface area contributed by atoms with Gasteiger partial charge in [0, 0.05) is 23.1 Å². The second kappa shape index (κ2) is 8.05. The lowest BCUT2D eigenvalue weighted by molar-refractivity contribution is -0.143. The summed E-state index contributed by atoms with van der Waals surface area (Å²) in [6.45, 7) is 1.46. The largest absolute Gasteiger partial charge is 0.508 e. The number of carbonyl (C=O) groups excluding carboxylic acids is 2. The predicted molar refractivity (Wildman–Crippen MR) is 100.0 cm³/mol. The maximum absolute atomic E-state index is 11.9. The molecular formula is C19H17NO6S. The Morgan fingerprint density at radius 3 is 2.78 bits per heavy atom. The first kappa shape index (κ1) is 18.7. The number of hydrogen-bond acceptors (Lipinski definition) is 7. The van der Waals surface area contributed by atoms with E-state index in [2.05, 4.69) is 5.32 Å². The van der Waals surface area contributed by atoms with Gasteiger partial charge in [0.05, 0.1) is 4.88 Å². The first-order chi connectivity index (χ1) is 13.0. The summed E-state index contributed by atoms with van der Waals surface area (Å²) < 4.78 is 10.3. The molecule has 3 rings (SSSR count). The summed E-state index contributed by atoms with van der Waals surface area (Å²) in [6.07, 6.45) is 0.592. The topological polar surface area (TPSA) is 106 Å². The third-order valence-corrected chi connectivity index (χ3v) is 4.81. The van der Waals surface area contributed by atoms with Crippen molar-refractivity contribution in [1.82, 2.24) is 5.32 Å². The molecule has 3 aromatic rings. The molecule has 8 heteroatoms. The molecule has 2 aromatic heterocycles. The van der Waals surface area contributed by atoms with Crippen LogP contribution in [-0.4, -0.2) is 23.5 Å². The Morgan fingerprint density at radius 1 is 1.26 bits per heavy atom. The highest BCUT2D eigenvalue weighted by Crippen LogP contribution is 2.27. The molecule has 7 nitrogen and oxygen atoms in total. The fraction of sp³-hybridized carbons (Fsp3) is 0.211. The van der Waals surface area contributed by atoms with Crippen LogP contribution in [0.3, 0.4) is 0 Å². The minimum absolute atomic E-state index is 0.0404. The fourth-order valence-corrected chi connectivity index (χ4v) is 3.21. The van der Waals surface area contributed by atoms with Crippen molar-refractivity contribution in [3.8, 4) is 5.75 Å². The molecule has 0 aliphatic carbocycles. The van der Waals surface area contributed by atoms with Gasteiger partial charge in [-0.25, -0.2) is 4.79 Å². The van der Waals surface area contributed by atoms with E-state index >= 15 is 0 Å². The number of phenols is 1. The molecule has 0 radical (unpaired) electrons. The Hall–Kier alpha value is -3.13. The van der Waals surface area contributed by atoms with Crippen LogP contribution < -0.4 is 10.9 Å². The Bertz CT molecular complexity index is 1040. The van der Waals surface area contributed by atoms with Gasteiger partial charge in [-0.1, -0.05) is 13.0 Å². The lowest BCUT2D eigenvalue weighted by Crippen LogP contribution is -2.30. The number of hydrogen-bond donors (Lipinski definition) is 2. The normalized spacial score (nSPS) is 10.7. The van der Waals surface area contributed by atoms with Crippen LogP contribution in [0.2, 0.25) is 0 Å². The van der Waals surface area contributed by atoms with Gasteiger partial charge in [-0.2, -0.15) is 0 Å². The zero-order valence-corrected chi connectivity index (χ0v) is 15.3. The number of nitrogens with one attached hydrogen (secondary N) is 1. The molecular weight excluding hydrogens is 370 g/mol. The number of thiophene rings is 1. The lowest BCUT2D eigenvalue weighted by atomic mass is 10.0. The van der Waals surface area contributed by atoms with Gasteiger partial charge in [0.15, 0.2) is 0 Å². The monoisotopic (exact) mass is 387 g/mol. The van der Waals surface area contributed by atoms with Gasteiger partial charge in [-0.3, -0.25) is 9.59 Å². The average Bonchev–Trinajstić information content (AvgIpc) is 3.18. The maximum Gasteiger partial charge on any atom is 0.336 e. The third-order valence-electron chi connectivity index (χ3n) is 3.94. The van der Waals surface area contributed by atoms with Crippen molar-refractivity contribution in [2.45, 2.75) is 20.0 Å². The number of aromatic hydroxyl groups is 1. The van der Waals surface area contributed by atoms with Crippen LogP contribution in [0.25, 0.3) is 11.0 Å². The number of rotatable bonds is 6. The summed E-state index contributed by atoms with van der Waals surface area (Å²) >= 11 is 1.27. The van der Waals surface area contributed by atoms with Gasteiger partial charge in [-0.05, 0) is 29.5 Å². The number of benzene rings is 1. The second-order valence-corrected chi connectivity index (χ2v) is 6.69. The number of carbonyl (C=O) groups is 2. The summed E-state index contributed by atoms with van der Waals surface area (Å²) in [5.41, 5.74) is 0.762. The summed E-state index contributed by atoms with van der Waals surface area (Å²) in [5.74, 6) is -0.940. The van der Waals surface area contributed by atoms with Crippen molar-refractivity contribution in [2.75, 3.05) is 6.54 Å². The van der Waals surface area contributed by atoms with Crippen LogP contribution in [0.4, 0.5) is 0 Å². The van der Waals surface area contributed by atoms with Gasteiger partial charge in [0.25, 0.3) is 5.91 Å². The lowest BCUT2D eigenvalue weighted by Gasteiger charge is -2.10. The number of aryl methyl sites for hydroxylation is 1. The van der Waals surface area contributed by atoms with Crippen LogP contribution in [0.15, 0.2) is 44.9 Å². The molecule has 1 aromatic carbocycles. The number of amides is 1. The number of fused-ring (bicyclic) bond motifs is 1. The van der Waals surface area contributed by atoms with E-state index in [0.717, 1.165) is 0 Å². The predicted octanol–water partition coefficient (Wildman–Crippen LogP) is 2.60. The molecule has 0 saturated heterocycles. The molecule has 0 saturated carbocycles. The Morgan fingerprint density at radius 2 is 2.07 bits per heavy atom. The molecule has 27 heavy (non-hydrogen) atoms. The van der Waals surface area contributed by atoms with Gasteiger partial charge in [-0.15, -0.1) is 11.3 Å². The van der Waals surface area contributed by atoms with E-state index in [1.165, 1.54) is 23.5 Å². The third kappa shape index (κ3) is 4.35. The standard InChI is InChI=1S/C19H17NO6S/c1-2-11-6-13-12(7-17(22)26-15(13)8-14(11)21)10-25-18(23)9-20-19(24)16-4-3-5-27-16/h3-8,21H,2,9-10H2,1H3,(H,20,24). The molecule has 0 aliphatic heterocycles. The molecule has 0 fully saturated rings. The molecule has 0 unspecified atom stereocenters. The molecule has 0 aliphatic rings. The summed E-state index contributed by atoms with van der Waals surface area (Å²) in [4.78, 5) is 36.0. The van der Waals surface area contributed by atoms with Crippen molar-refractivity contribution >= 4 is 34.2 Å². The smallest absolute Gasteiger partial charge is 0.336 e. The highest BCUT2D eigenvalue weighted by Gasteiger charge is 2.13. The van der Waals surface area contributed by atoms with E-state index in [0.29, 0.717) is 27.8 Å². The molecule has 2 N–H and O–H groups in total. The van der Waals surface area contributed by atoms with E-state index in [1.807, 2.05) is 6.92 Å². The van der Waals surface area contributed by atoms with Crippen LogP contribution >= 0.6 is 11.3 Å². The minimum Gasteiger partial charge on any atom is -0.508 e. The second-order valence-electron chi connectivity index (χ2n) is 5.74. The van der Waals surface area contributed by atoms with Gasteiger partial charge in [0.1, 0.15) is 24.5 Å². The quantitative estimate of drug-likeness (QED) is 0.497. The SMILES string of the molecule is CCc1cc2c(COC(=O)CNC(=O)c3cccs3)cc(=O)oc2cc1O. The number of ether oxygens (including phenoxy) is 1. The zero-order chi connectivity index (χ0) is 19.4. The Kier molecular flexibility index (Phi) is 5.56. The summed E-state index contributed by atoms with van der Waals surface area (Å²) in [6, 6.07) is 7.72. The van der Waals surface area contributed by atoms with Gasteiger partial charge in [0.2, 0.25) is 0 Å². The van der Waals surface area contributed by atoms with Crippen LogP contribution in [-0.2, 0) is 22.6 Å². The first-order valence-corrected chi connectivity index (χ1v) is 9.12. The van der Waals surface area contributed by atoms with E-state index in [-0.39, 0.29) is 30.4 Å². The average molecular weight is 387 g/mol. The Labute approximate surface area is 158 Å². The van der Waals surface area contributed by atoms with Crippen molar-refractivity contribution in [2.24, 2.45) is 0 Å². The molecule has 0 bridgehead atoms. The fourth-order valence-electron chi connectivity index (χ4n) is 2.57. The molecule has 2 heterocycles. The zero-order valence-electron chi connectivity index (χ0n) is 14.5. The van der Waals surface area contributed by atoms with Gasteiger partial charge < -0.3 is 19.6 Å². The van der Waals surface area contributed by atoms with Crippen LogP contribution in [0, 0.1) is 0 Å². The first-order valence-electron chi connectivity index (χ1n) is 8.24. The van der Waals surface area contributed by atoms with E-state index in [9.17, 15) is 19.5 Å². The number of esters is 1. The Balaban J connectivity index is 1.69. The van der Waals surface area contributed by atoms with Crippen molar-refractivity contribution in [3.63, 3.8) is 0 Å². The molecule has 0 atom stereocenters. The van der Waals surface area contributed by atoms with Crippen molar-refractivity contribution < 1.29 is 23.8 Å². The maximum atomic E-state index is 11.9. The van der Waals surface area contributed by atoms with Crippen LogP contribution in [0.1, 0.15) is 27.7 Å². The van der Waals surface area contributed by atoms with E-state index < -0.39 is 11.6 Å². The van der Waals surface area contributed by atoms with Crippen LogP contribution in [0.5, 0.6) is 5.75 Å². The molecule has 1 amide bonds. The highest BCUT2D eigenvalue weighted by molar-refractivity contribution is 7.12. The van der Waals surface area contributed by atoms with E-state index in [1.54, 1.807) is 23.6 Å². The number of phenolic OH excluding ortho intramolecular Hbond substituents is 1. The molecule has 140 valence electrons. The minimum atomic E-state index is -0.629. The molecule has 0 spiro atoms. The highest BCUT2D eigenvalue weighted by atomic mass is 32.1. The van der Waals surface area contributed by atoms with Crippen molar-refractivity contribution in [1.29, 1.82) is 0 Å². The van der Waals surface area contributed by atoms with E-state index in [4.69, 9.17) is 9.15 Å². The summed E-state index contributed by atoms with van der Waals surface area (Å²) in [5, 5.41) is 14.7. The van der Waals surface area contributed by atoms with Crippen molar-refractivity contribution in [3.05, 3.63) is 62.1 Å². The summed E-state index contributed by atoms with van der Waals surface area (Å²) in [7, 11) is 0.